The summed E-state index contributed by atoms with van der Waals surface area (Å²) in [5, 5.41) is 3.79. The van der Waals surface area contributed by atoms with Crippen LogP contribution in [0.5, 0.6) is 0 Å². The van der Waals surface area contributed by atoms with Crippen LogP contribution < -0.4 is 0 Å². The van der Waals surface area contributed by atoms with E-state index < -0.39 is 24.5 Å². The first-order valence-electron chi connectivity index (χ1n) is 7.84. The van der Waals surface area contributed by atoms with E-state index in [0.717, 1.165) is 5.56 Å². The van der Waals surface area contributed by atoms with Crippen LogP contribution >= 0.6 is 0 Å². The van der Waals surface area contributed by atoms with Crippen molar-refractivity contribution in [3.63, 3.8) is 0 Å². The standard InChI is InChI=1S/C16H23N3O4/c1-3-20-16(21-4-2)15-14(13(11-23-15)18-19-17)22-10-12-8-6-5-7-9-12/h5-9,13-16H,3-4,10-11H2,1-2H3/t13-,14-,15+/m0/s1. The molecular weight excluding hydrogens is 298 g/mol. The summed E-state index contributed by atoms with van der Waals surface area (Å²) < 4.78 is 23.0. The minimum atomic E-state index is -0.537. The molecule has 3 atom stereocenters. The molecule has 0 bridgehead atoms. The third kappa shape index (κ3) is 4.92. The number of rotatable bonds is 9. The summed E-state index contributed by atoms with van der Waals surface area (Å²) in [6.45, 7) is 5.50. The van der Waals surface area contributed by atoms with E-state index in [1.54, 1.807) is 0 Å². The van der Waals surface area contributed by atoms with Crippen LogP contribution in [0.25, 0.3) is 10.4 Å². The third-order valence-electron chi connectivity index (χ3n) is 3.58. The van der Waals surface area contributed by atoms with Gasteiger partial charge in [0.15, 0.2) is 6.29 Å². The quantitative estimate of drug-likeness (QED) is 0.303. The topological polar surface area (TPSA) is 85.7 Å². The summed E-state index contributed by atoms with van der Waals surface area (Å²) >= 11 is 0. The second-order valence-corrected chi connectivity index (χ2v) is 5.11. The van der Waals surface area contributed by atoms with Gasteiger partial charge in [0, 0.05) is 18.1 Å². The molecule has 1 saturated heterocycles. The molecule has 1 aliphatic rings. The molecule has 126 valence electrons. The average molecular weight is 321 g/mol. The number of azide groups is 1. The van der Waals surface area contributed by atoms with Crippen LogP contribution in [0.15, 0.2) is 35.4 Å². The van der Waals surface area contributed by atoms with Crippen molar-refractivity contribution in [1.82, 2.24) is 0 Å². The van der Waals surface area contributed by atoms with Gasteiger partial charge < -0.3 is 18.9 Å². The van der Waals surface area contributed by atoms with Gasteiger partial charge in [0.2, 0.25) is 0 Å². The number of hydrogen-bond acceptors (Lipinski definition) is 5. The van der Waals surface area contributed by atoms with Gasteiger partial charge in [-0.3, -0.25) is 0 Å². The van der Waals surface area contributed by atoms with Gasteiger partial charge in [0.05, 0.1) is 25.4 Å². The molecule has 0 N–H and O–H groups in total. The Hall–Kier alpha value is -1.63. The highest BCUT2D eigenvalue weighted by Crippen LogP contribution is 2.26. The van der Waals surface area contributed by atoms with Gasteiger partial charge >= 0.3 is 0 Å². The zero-order chi connectivity index (χ0) is 16.5. The van der Waals surface area contributed by atoms with Crippen molar-refractivity contribution in [2.75, 3.05) is 19.8 Å². The zero-order valence-electron chi connectivity index (χ0n) is 13.5. The molecule has 1 aliphatic heterocycles. The van der Waals surface area contributed by atoms with Crippen molar-refractivity contribution in [3.8, 4) is 0 Å². The first kappa shape index (κ1) is 17.7. The number of benzene rings is 1. The maximum absolute atomic E-state index is 8.75. The molecule has 1 aromatic rings. The molecule has 0 aliphatic carbocycles. The van der Waals surface area contributed by atoms with Gasteiger partial charge in [-0.05, 0) is 24.9 Å². The van der Waals surface area contributed by atoms with Crippen molar-refractivity contribution in [2.24, 2.45) is 5.11 Å². The van der Waals surface area contributed by atoms with Crippen LogP contribution in [0.1, 0.15) is 19.4 Å². The zero-order valence-corrected chi connectivity index (χ0v) is 13.5. The molecule has 0 spiro atoms. The van der Waals surface area contributed by atoms with Crippen LogP contribution in [0.4, 0.5) is 0 Å². The Balaban J connectivity index is 2.08. The highest BCUT2D eigenvalue weighted by atomic mass is 16.7. The van der Waals surface area contributed by atoms with Crippen molar-refractivity contribution < 1.29 is 18.9 Å². The minimum absolute atomic E-state index is 0.296. The summed E-state index contributed by atoms with van der Waals surface area (Å²) in [5.74, 6) is 0. The molecular formula is C16H23N3O4. The molecule has 0 aromatic heterocycles. The maximum Gasteiger partial charge on any atom is 0.186 e. The monoisotopic (exact) mass is 321 g/mol. The van der Waals surface area contributed by atoms with E-state index in [1.807, 2.05) is 44.2 Å². The Labute approximate surface area is 136 Å². The van der Waals surface area contributed by atoms with E-state index in [1.165, 1.54) is 0 Å². The number of hydrogen-bond donors (Lipinski definition) is 0. The Bertz CT molecular complexity index is 501. The normalized spacial score (nSPS) is 23.9. The second kappa shape index (κ2) is 9.50. The van der Waals surface area contributed by atoms with Crippen LogP contribution in [0.3, 0.4) is 0 Å². The van der Waals surface area contributed by atoms with E-state index in [4.69, 9.17) is 24.5 Å². The van der Waals surface area contributed by atoms with Gasteiger partial charge in [0.1, 0.15) is 6.10 Å². The molecule has 1 aromatic carbocycles. The van der Waals surface area contributed by atoms with Gasteiger partial charge in [0.25, 0.3) is 0 Å². The fourth-order valence-corrected chi connectivity index (χ4v) is 2.56. The first-order valence-corrected chi connectivity index (χ1v) is 7.84. The Morgan fingerprint density at radius 1 is 1.26 bits per heavy atom. The van der Waals surface area contributed by atoms with Crippen LogP contribution in [-0.4, -0.2) is 44.4 Å². The molecule has 7 heteroatoms. The fraction of sp³-hybridized carbons (Fsp3) is 0.625. The first-order chi connectivity index (χ1) is 11.3. The second-order valence-electron chi connectivity index (χ2n) is 5.11. The Morgan fingerprint density at radius 3 is 2.57 bits per heavy atom. The van der Waals surface area contributed by atoms with E-state index in [0.29, 0.717) is 26.4 Å². The van der Waals surface area contributed by atoms with Crippen molar-refractivity contribution in [1.29, 1.82) is 0 Å². The lowest BCUT2D eigenvalue weighted by atomic mass is 10.1. The Morgan fingerprint density at radius 2 is 1.96 bits per heavy atom. The minimum Gasteiger partial charge on any atom is -0.370 e. The summed E-state index contributed by atoms with van der Waals surface area (Å²) in [6, 6.07) is 9.43. The maximum atomic E-state index is 8.75. The summed E-state index contributed by atoms with van der Waals surface area (Å²) in [7, 11) is 0. The van der Waals surface area contributed by atoms with E-state index in [-0.39, 0.29) is 0 Å². The van der Waals surface area contributed by atoms with E-state index in [2.05, 4.69) is 10.0 Å². The summed E-state index contributed by atoms with van der Waals surface area (Å²) in [4.78, 5) is 2.89. The lowest BCUT2D eigenvalue weighted by Crippen LogP contribution is -2.42. The van der Waals surface area contributed by atoms with Crippen molar-refractivity contribution in [3.05, 3.63) is 46.3 Å². The van der Waals surface area contributed by atoms with Crippen molar-refractivity contribution in [2.45, 2.75) is 45.0 Å². The van der Waals surface area contributed by atoms with Gasteiger partial charge in [-0.15, -0.1) is 0 Å². The number of ether oxygens (including phenoxy) is 4. The predicted octanol–water partition coefficient (Wildman–Crippen LogP) is 3.05. The molecule has 0 amide bonds. The highest BCUT2D eigenvalue weighted by molar-refractivity contribution is 5.13. The predicted molar refractivity (Wildman–Crippen MR) is 84.7 cm³/mol. The summed E-state index contributed by atoms with van der Waals surface area (Å²) in [5.41, 5.74) is 9.79. The number of nitrogens with zero attached hydrogens (tertiary/aromatic N) is 3. The average Bonchev–Trinajstić information content (AvgIpc) is 2.97. The fourth-order valence-electron chi connectivity index (χ4n) is 2.56. The van der Waals surface area contributed by atoms with Crippen LogP contribution in [-0.2, 0) is 25.6 Å². The molecule has 0 unspecified atom stereocenters. The summed E-state index contributed by atoms with van der Waals surface area (Å²) in [6.07, 6.45) is -1.37. The molecule has 1 heterocycles. The van der Waals surface area contributed by atoms with Gasteiger partial charge in [-0.25, -0.2) is 0 Å². The van der Waals surface area contributed by atoms with Crippen molar-refractivity contribution >= 4 is 0 Å². The van der Waals surface area contributed by atoms with Gasteiger partial charge in [-0.2, -0.15) is 0 Å². The lowest BCUT2D eigenvalue weighted by molar-refractivity contribution is -0.212. The molecule has 0 saturated carbocycles. The SMILES string of the molecule is CCOC(OCC)[C@@H]1OC[C@H](N=[N+]=[N-])[C@@H]1OCc1ccccc1. The third-order valence-corrected chi connectivity index (χ3v) is 3.58. The van der Waals surface area contributed by atoms with E-state index in [9.17, 15) is 0 Å². The Kier molecular flexibility index (Phi) is 7.32. The molecule has 2 rings (SSSR count). The van der Waals surface area contributed by atoms with E-state index >= 15 is 0 Å². The smallest absolute Gasteiger partial charge is 0.186 e. The molecule has 23 heavy (non-hydrogen) atoms. The highest BCUT2D eigenvalue weighted by Gasteiger charge is 2.43. The largest absolute Gasteiger partial charge is 0.370 e. The van der Waals surface area contributed by atoms with Crippen LogP contribution in [0.2, 0.25) is 0 Å². The molecule has 1 fully saturated rings. The van der Waals surface area contributed by atoms with Crippen LogP contribution in [0, 0.1) is 0 Å². The van der Waals surface area contributed by atoms with Gasteiger partial charge in [-0.1, -0.05) is 35.4 Å². The molecule has 0 radical (unpaired) electrons. The molecule has 7 nitrogen and oxygen atoms in total. The lowest BCUT2D eigenvalue weighted by Gasteiger charge is -2.28.